The fourth-order valence-electron chi connectivity index (χ4n) is 3.18. The molecule has 0 atom stereocenters. The van der Waals surface area contributed by atoms with Gasteiger partial charge in [-0.3, -0.25) is 9.59 Å². The molecule has 0 aliphatic carbocycles. The van der Waals surface area contributed by atoms with E-state index in [9.17, 15) is 9.59 Å². The number of hydrogen-bond donors (Lipinski definition) is 1. The summed E-state index contributed by atoms with van der Waals surface area (Å²) in [5, 5.41) is 3.07. The number of amides is 2. The molecule has 138 valence electrons. The maximum Gasteiger partial charge on any atom is 0.257 e. The van der Waals surface area contributed by atoms with Crippen LogP contribution in [-0.2, 0) is 0 Å². The molecule has 5 nitrogen and oxygen atoms in total. The number of nitrogens with one attached hydrogen (secondary N) is 1. The standard InChI is InChI=1S/C20H24N2O3S/c1-2-26-18-6-4-3-5-17(18)19(23)21-13-15-7-10-22(11-8-15)20(24)16-9-12-25-14-16/h3-6,9,12,14-15H,2,7-8,10-11,13H2,1H3,(H,21,23). The molecular formula is C20H24N2O3S. The average Bonchev–Trinajstić information content (AvgIpc) is 3.21. The molecule has 0 spiro atoms. The highest BCUT2D eigenvalue weighted by Crippen LogP contribution is 2.23. The molecule has 2 heterocycles. The second-order valence-electron chi connectivity index (χ2n) is 6.39. The van der Waals surface area contributed by atoms with E-state index in [1.165, 1.54) is 12.5 Å². The lowest BCUT2D eigenvalue weighted by Crippen LogP contribution is -2.41. The molecule has 0 radical (unpaired) electrons. The summed E-state index contributed by atoms with van der Waals surface area (Å²) < 4.78 is 4.98. The van der Waals surface area contributed by atoms with Crippen molar-refractivity contribution in [3.63, 3.8) is 0 Å². The third-order valence-electron chi connectivity index (χ3n) is 4.65. The smallest absolute Gasteiger partial charge is 0.257 e. The highest BCUT2D eigenvalue weighted by atomic mass is 32.2. The fraction of sp³-hybridized carbons (Fsp3) is 0.400. The summed E-state index contributed by atoms with van der Waals surface area (Å²) >= 11 is 1.68. The lowest BCUT2D eigenvalue weighted by Gasteiger charge is -2.31. The average molecular weight is 372 g/mol. The van der Waals surface area contributed by atoms with E-state index in [1.807, 2.05) is 29.2 Å². The van der Waals surface area contributed by atoms with Gasteiger partial charge in [0.05, 0.1) is 17.4 Å². The highest BCUT2D eigenvalue weighted by Gasteiger charge is 2.24. The first kappa shape index (κ1) is 18.6. The summed E-state index contributed by atoms with van der Waals surface area (Å²) in [5.74, 6) is 1.34. The molecule has 0 saturated carbocycles. The van der Waals surface area contributed by atoms with Gasteiger partial charge in [-0.2, -0.15) is 0 Å². The third kappa shape index (κ3) is 4.49. The number of benzene rings is 1. The monoisotopic (exact) mass is 372 g/mol. The Bertz CT molecular complexity index is 737. The Balaban J connectivity index is 1.48. The molecule has 2 aromatic rings. The van der Waals surface area contributed by atoms with Crippen molar-refractivity contribution in [1.82, 2.24) is 10.2 Å². The van der Waals surface area contributed by atoms with E-state index in [2.05, 4.69) is 12.2 Å². The van der Waals surface area contributed by atoms with Gasteiger partial charge in [0.2, 0.25) is 0 Å². The number of furan rings is 1. The summed E-state index contributed by atoms with van der Waals surface area (Å²) in [7, 11) is 0. The van der Waals surface area contributed by atoms with Crippen LogP contribution in [0.1, 0.15) is 40.5 Å². The summed E-state index contributed by atoms with van der Waals surface area (Å²) in [6, 6.07) is 9.42. The van der Waals surface area contributed by atoms with Gasteiger partial charge in [0.25, 0.3) is 11.8 Å². The van der Waals surface area contributed by atoms with E-state index >= 15 is 0 Å². The maximum absolute atomic E-state index is 12.5. The van der Waals surface area contributed by atoms with Crippen molar-refractivity contribution in [1.29, 1.82) is 0 Å². The molecular weight excluding hydrogens is 348 g/mol. The minimum Gasteiger partial charge on any atom is -0.472 e. The lowest BCUT2D eigenvalue weighted by molar-refractivity contribution is 0.0683. The van der Waals surface area contributed by atoms with Crippen LogP contribution in [0, 0.1) is 5.92 Å². The van der Waals surface area contributed by atoms with Crippen LogP contribution in [0.2, 0.25) is 0 Å². The predicted octanol–water partition coefficient (Wildman–Crippen LogP) is 3.67. The zero-order valence-electron chi connectivity index (χ0n) is 14.9. The number of hydrogen-bond acceptors (Lipinski definition) is 4. The van der Waals surface area contributed by atoms with Gasteiger partial charge in [0.15, 0.2) is 0 Å². The van der Waals surface area contributed by atoms with Crippen molar-refractivity contribution < 1.29 is 14.0 Å². The Morgan fingerprint density at radius 1 is 1.23 bits per heavy atom. The molecule has 26 heavy (non-hydrogen) atoms. The molecule has 3 rings (SSSR count). The molecule has 6 heteroatoms. The fourth-order valence-corrected chi connectivity index (χ4v) is 3.98. The number of piperidine rings is 1. The molecule has 1 fully saturated rings. The van der Waals surface area contributed by atoms with Crippen LogP contribution >= 0.6 is 11.8 Å². The van der Waals surface area contributed by atoms with E-state index in [0.29, 0.717) is 31.1 Å². The zero-order valence-corrected chi connectivity index (χ0v) is 15.8. The topological polar surface area (TPSA) is 62.6 Å². The quantitative estimate of drug-likeness (QED) is 0.786. The Kier molecular flexibility index (Phi) is 6.39. The van der Waals surface area contributed by atoms with Crippen molar-refractivity contribution in [2.45, 2.75) is 24.7 Å². The first-order valence-electron chi connectivity index (χ1n) is 9.00. The lowest BCUT2D eigenvalue weighted by atomic mass is 9.96. The number of thioether (sulfide) groups is 1. The van der Waals surface area contributed by atoms with Gasteiger partial charge >= 0.3 is 0 Å². The number of carbonyl (C=O) groups is 2. The molecule has 0 bridgehead atoms. The van der Waals surface area contributed by atoms with Crippen LogP contribution in [0.4, 0.5) is 0 Å². The third-order valence-corrected chi connectivity index (χ3v) is 5.61. The van der Waals surface area contributed by atoms with Gasteiger partial charge < -0.3 is 14.6 Å². The molecule has 0 unspecified atom stereocenters. The maximum atomic E-state index is 12.5. The predicted molar refractivity (Wildman–Crippen MR) is 103 cm³/mol. The van der Waals surface area contributed by atoms with Crippen LogP contribution in [0.25, 0.3) is 0 Å². The van der Waals surface area contributed by atoms with Gasteiger partial charge in [-0.15, -0.1) is 11.8 Å². The van der Waals surface area contributed by atoms with E-state index in [-0.39, 0.29) is 11.8 Å². The Labute approximate surface area is 158 Å². The van der Waals surface area contributed by atoms with Gasteiger partial charge in [0, 0.05) is 24.5 Å². The molecule has 2 amide bonds. The largest absolute Gasteiger partial charge is 0.472 e. The van der Waals surface area contributed by atoms with Gasteiger partial charge in [-0.1, -0.05) is 19.1 Å². The number of likely N-dealkylation sites (tertiary alicyclic amines) is 1. The van der Waals surface area contributed by atoms with Crippen LogP contribution < -0.4 is 5.32 Å². The minimum absolute atomic E-state index is 0.0153. The van der Waals surface area contributed by atoms with Crippen LogP contribution in [0.3, 0.4) is 0 Å². The summed E-state index contributed by atoms with van der Waals surface area (Å²) in [4.78, 5) is 27.7. The Morgan fingerprint density at radius 2 is 2.00 bits per heavy atom. The van der Waals surface area contributed by atoms with Crippen LogP contribution in [0.15, 0.2) is 52.2 Å². The first-order valence-corrected chi connectivity index (χ1v) is 9.99. The number of rotatable bonds is 6. The van der Waals surface area contributed by atoms with Gasteiger partial charge in [-0.25, -0.2) is 0 Å². The van der Waals surface area contributed by atoms with E-state index in [4.69, 9.17) is 4.42 Å². The molecule has 1 aromatic carbocycles. The number of carbonyl (C=O) groups excluding carboxylic acids is 2. The molecule has 1 aliphatic rings. The molecule has 1 saturated heterocycles. The molecule has 1 N–H and O–H groups in total. The summed E-state index contributed by atoms with van der Waals surface area (Å²) in [6.45, 7) is 4.16. The van der Waals surface area contributed by atoms with Crippen LogP contribution in [-0.4, -0.2) is 42.1 Å². The second kappa shape index (κ2) is 8.94. The van der Waals surface area contributed by atoms with Crippen LogP contribution in [0.5, 0.6) is 0 Å². The summed E-state index contributed by atoms with van der Waals surface area (Å²) in [5.41, 5.74) is 1.34. The zero-order chi connectivity index (χ0) is 18.4. The minimum atomic E-state index is -0.0153. The Hall–Kier alpha value is -2.21. The van der Waals surface area contributed by atoms with E-state index < -0.39 is 0 Å². The number of nitrogens with zero attached hydrogens (tertiary/aromatic N) is 1. The van der Waals surface area contributed by atoms with Gasteiger partial charge in [-0.05, 0) is 42.7 Å². The first-order chi connectivity index (χ1) is 12.7. The Morgan fingerprint density at radius 3 is 2.69 bits per heavy atom. The van der Waals surface area contributed by atoms with E-state index in [1.54, 1.807) is 17.8 Å². The summed E-state index contributed by atoms with van der Waals surface area (Å²) in [6.07, 6.45) is 4.80. The van der Waals surface area contributed by atoms with Crippen molar-refractivity contribution in [2.75, 3.05) is 25.4 Å². The van der Waals surface area contributed by atoms with Crippen molar-refractivity contribution in [3.05, 3.63) is 54.0 Å². The molecule has 1 aromatic heterocycles. The van der Waals surface area contributed by atoms with Gasteiger partial charge in [0.1, 0.15) is 6.26 Å². The van der Waals surface area contributed by atoms with Crippen molar-refractivity contribution in [2.24, 2.45) is 5.92 Å². The molecule has 1 aliphatic heterocycles. The van der Waals surface area contributed by atoms with E-state index in [0.717, 1.165) is 29.1 Å². The van der Waals surface area contributed by atoms with Crippen molar-refractivity contribution >= 4 is 23.6 Å². The highest BCUT2D eigenvalue weighted by molar-refractivity contribution is 7.99. The SMILES string of the molecule is CCSc1ccccc1C(=O)NCC1CCN(C(=O)c2ccoc2)CC1. The normalized spacial score (nSPS) is 15.0. The van der Waals surface area contributed by atoms with Crippen molar-refractivity contribution in [3.8, 4) is 0 Å². The second-order valence-corrected chi connectivity index (χ2v) is 7.69.